The Labute approximate surface area is 277 Å². The minimum atomic E-state index is -0.603. The standard InChI is InChI=1S/C33H41N7O6S/c1-32(2,3)45-30(43)36-13-11-34-27(41)20-8-10-23-21(15-20)17-25(39-23)28(42)38-22-9-7-19-16-26(40-24(19)18-22)29(47)35-12-14-37-31(44)46-33(4,5)6/h7-10,15-18,39-40H,11-14H2,1-6H3,(H,34,41)(H,35,47)(H,36,43)(H,37,44)(H,38,42). The summed E-state index contributed by atoms with van der Waals surface area (Å²) in [6.07, 6.45) is -1.04. The van der Waals surface area contributed by atoms with Crippen LogP contribution in [0.3, 0.4) is 0 Å². The second-order valence-corrected chi connectivity index (χ2v) is 13.2. The highest BCUT2D eigenvalue weighted by Crippen LogP contribution is 2.22. The van der Waals surface area contributed by atoms with Gasteiger partial charge in [-0.2, -0.15) is 0 Å². The minimum Gasteiger partial charge on any atom is -0.444 e. The molecule has 0 unspecified atom stereocenters. The highest BCUT2D eigenvalue weighted by molar-refractivity contribution is 7.80. The topological polar surface area (TPSA) is 178 Å². The van der Waals surface area contributed by atoms with Gasteiger partial charge in [-0.1, -0.05) is 18.3 Å². The summed E-state index contributed by atoms with van der Waals surface area (Å²) in [6.45, 7) is 11.9. The molecule has 0 spiro atoms. The van der Waals surface area contributed by atoms with Crippen molar-refractivity contribution in [1.82, 2.24) is 31.2 Å². The molecule has 2 aromatic heterocycles. The molecule has 0 saturated heterocycles. The van der Waals surface area contributed by atoms with E-state index in [0.717, 1.165) is 10.9 Å². The summed E-state index contributed by atoms with van der Waals surface area (Å²) in [5.41, 5.74) is 2.33. The van der Waals surface area contributed by atoms with E-state index < -0.39 is 23.4 Å². The second-order valence-electron chi connectivity index (χ2n) is 12.8. The largest absolute Gasteiger partial charge is 0.444 e. The first kappa shape index (κ1) is 34.8. The van der Waals surface area contributed by atoms with Crippen molar-refractivity contribution in [2.24, 2.45) is 0 Å². The van der Waals surface area contributed by atoms with E-state index in [2.05, 4.69) is 36.6 Å². The Morgan fingerprint density at radius 2 is 1.21 bits per heavy atom. The van der Waals surface area contributed by atoms with Gasteiger partial charge in [0.25, 0.3) is 11.8 Å². The summed E-state index contributed by atoms with van der Waals surface area (Å²) >= 11 is 5.50. The van der Waals surface area contributed by atoms with Crippen LogP contribution in [-0.4, -0.2) is 76.3 Å². The van der Waals surface area contributed by atoms with E-state index in [0.29, 0.717) is 51.6 Å². The fourth-order valence-electron chi connectivity index (χ4n) is 4.43. The molecule has 0 atom stereocenters. The van der Waals surface area contributed by atoms with Crippen LogP contribution < -0.4 is 26.6 Å². The number of aromatic amines is 2. The summed E-state index contributed by atoms with van der Waals surface area (Å²) in [6, 6.07) is 14.1. The number of benzene rings is 2. The van der Waals surface area contributed by atoms with Crippen molar-refractivity contribution in [3.05, 3.63) is 65.5 Å². The Balaban J connectivity index is 1.29. The number of hydrogen-bond donors (Lipinski definition) is 7. The number of ether oxygens (including phenoxy) is 2. The quantitative estimate of drug-likeness (QED) is 0.0921. The highest BCUT2D eigenvalue weighted by atomic mass is 32.1. The monoisotopic (exact) mass is 663 g/mol. The lowest BCUT2D eigenvalue weighted by molar-refractivity contribution is 0.0517. The fraction of sp³-hybridized carbons (Fsp3) is 0.364. The first-order valence-electron chi connectivity index (χ1n) is 15.1. The van der Waals surface area contributed by atoms with Gasteiger partial charge in [0.1, 0.15) is 21.9 Å². The average molecular weight is 664 g/mol. The van der Waals surface area contributed by atoms with Crippen molar-refractivity contribution in [2.75, 3.05) is 31.5 Å². The normalized spacial score (nSPS) is 11.5. The Kier molecular flexibility index (Phi) is 10.8. The zero-order valence-corrected chi connectivity index (χ0v) is 28.1. The minimum absolute atomic E-state index is 0.214. The predicted octanol–water partition coefficient (Wildman–Crippen LogP) is 4.95. The molecule has 7 N–H and O–H groups in total. The molecule has 0 radical (unpaired) electrons. The third kappa shape index (κ3) is 10.5. The molecule has 0 aliphatic carbocycles. The molecule has 14 heteroatoms. The summed E-state index contributed by atoms with van der Waals surface area (Å²) in [5.74, 6) is -0.655. The lowest BCUT2D eigenvalue weighted by atomic mass is 10.1. The van der Waals surface area contributed by atoms with Gasteiger partial charge >= 0.3 is 12.2 Å². The first-order valence-corrected chi connectivity index (χ1v) is 15.5. The number of fused-ring (bicyclic) bond motifs is 2. The number of hydrogen-bond acceptors (Lipinski definition) is 7. The molecule has 4 amide bonds. The van der Waals surface area contributed by atoms with Crippen molar-refractivity contribution in [3.8, 4) is 0 Å². The van der Waals surface area contributed by atoms with Crippen LogP contribution >= 0.6 is 12.2 Å². The number of anilines is 1. The molecule has 4 aromatic rings. The number of alkyl carbamates (subject to hydrolysis) is 2. The third-order valence-corrected chi connectivity index (χ3v) is 6.77. The van der Waals surface area contributed by atoms with Crippen molar-refractivity contribution >= 4 is 68.7 Å². The van der Waals surface area contributed by atoms with Crippen LogP contribution in [0.4, 0.5) is 15.3 Å². The molecule has 4 rings (SSSR count). The summed E-state index contributed by atoms with van der Waals surface area (Å²) < 4.78 is 10.4. The number of nitrogens with one attached hydrogen (secondary N) is 7. The van der Waals surface area contributed by atoms with Gasteiger partial charge in [-0.05, 0) is 84.0 Å². The predicted molar refractivity (Wildman–Crippen MR) is 185 cm³/mol. The van der Waals surface area contributed by atoms with Gasteiger partial charge in [0.15, 0.2) is 0 Å². The molecule has 2 aromatic carbocycles. The van der Waals surface area contributed by atoms with Crippen LogP contribution in [0.1, 0.15) is 68.1 Å². The van der Waals surface area contributed by atoms with Crippen LogP contribution in [0.15, 0.2) is 48.5 Å². The van der Waals surface area contributed by atoms with Gasteiger partial charge in [-0.25, -0.2) is 9.59 Å². The van der Waals surface area contributed by atoms with Gasteiger partial charge in [0.2, 0.25) is 0 Å². The molecule has 2 heterocycles. The van der Waals surface area contributed by atoms with Crippen molar-refractivity contribution in [3.63, 3.8) is 0 Å². The number of carbonyl (C=O) groups is 4. The van der Waals surface area contributed by atoms with E-state index in [-0.39, 0.29) is 24.9 Å². The summed E-state index contributed by atoms with van der Waals surface area (Å²) in [4.78, 5) is 56.1. The van der Waals surface area contributed by atoms with Crippen LogP contribution in [0.5, 0.6) is 0 Å². The molecule has 0 bridgehead atoms. The van der Waals surface area contributed by atoms with E-state index >= 15 is 0 Å². The SMILES string of the molecule is CC(C)(C)OC(=O)NCCNC(=O)c1ccc2[nH]c(C(=O)Nc3ccc4cc(C(=S)NCCNC(=O)OC(C)(C)C)[nH]c4c3)cc2c1. The Morgan fingerprint density at radius 1 is 0.638 bits per heavy atom. The molecule has 0 aliphatic rings. The lowest BCUT2D eigenvalue weighted by Crippen LogP contribution is -2.37. The Bertz CT molecular complexity index is 1800. The second kappa shape index (κ2) is 14.5. The molecular formula is C33H41N7O6S. The van der Waals surface area contributed by atoms with E-state index in [1.165, 1.54) is 0 Å². The molecule has 13 nitrogen and oxygen atoms in total. The smallest absolute Gasteiger partial charge is 0.407 e. The van der Waals surface area contributed by atoms with E-state index in [1.807, 2.05) is 18.2 Å². The molecule has 0 fully saturated rings. The van der Waals surface area contributed by atoms with Crippen molar-refractivity contribution in [2.45, 2.75) is 52.7 Å². The van der Waals surface area contributed by atoms with Gasteiger partial charge in [0, 0.05) is 59.2 Å². The number of H-pyrrole nitrogens is 2. The Morgan fingerprint density at radius 3 is 1.85 bits per heavy atom. The molecule has 47 heavy (non-hydrogen) atoms. The number of rotatable bonds is 10. The summed E-state index contributed by atoms with van der Waals surface area (Å²) in [7, 11) is 0. The van der Waals surface area contributed by atoms with Crippen molar-refractivity contribution in [1.29, 1.82) is 0 Å². The first-order chi connectivity index (χ1) is 22.1. The number of carbonyl (C=O) groups excluding carboxylic acids is 4. The average Bonchev–Trinajstić information content (AvgIpc) is 3.59. The molecule has 250 valence electrons. The number of thiocarbonyl (C=S) groups is 1. The maximum absolute atomic E-state index is 13.1. The van der Waals surface area contributed by atoms with E-state index in [9.17, 15) is 19.2 Å². The van der Waals surface area contributed by atoms with Crippen LogP contribution in [0.2, 0.25) is 0 Å². The third-order valence-electron chi connectivity index (χ3n) is 6.41. The number of amides is 4. The summed E-state index contributed by atoms with van der Waals surface area (Å²) in [5, 5.41) is 15.6. The van der Waals surface area contributed by atoms with E-state index in [4.69, 9.17) is 21.7 Å². The molecule has 0 aliphatic heterocycles. The van der Waals surface area contributed by atoms with Gasteiger partial charge < -0.3 is 46.0 Å². The van der Waals surface area contributed by atoms with Gasteiger partial charge in [-0.15, -0.1) is 0 Å². The van der Waals surface area contributed by atoms with Crippen LogP contribution in [0, 0.1) is 0 Å². The maximum Gasteiger partial charge on any atom is 0.407 e. The van der Waals surface area contributed by atoms with E-state index in [1.54, 1.807) is 71.9 Å². The van der Waals surface area contributed by atoms with Crippen LogP contribution in [-0.2, 0) is 9.47 Å². The Hall–Kier alpha value is -5.11. The van der Waals surface area contributed by atoms with Crippen molar-refractivity contribution < 1.29 is 28.7 Å². The lowest BCUT2D eigenvalue weighted by Gasteiger charge is -2.19. The zero-order valence-electron chi connectivity index (χ0n) is 27.3. The molecule has 0 saturated carbocycles. The fourth-order valence-corrected chi connectivity index (χ4v) is 4.64. The van der Waals surface area contributed by atoms with Crippen LogP contribution in [0.25, 0.3) is 21.8 Å². The zero-order chi connectivity index (χ0) is 34.4. The highest BCUT2D eigenvalue weighted by Gasteiger charge is 2.17. The van der Waals surface area contributed by atoms with Gasteiger partial charge in [0.05, 0.1) is 5.69 Å². The molecular weight excluding hydrogens is 622 g/mol. The van der Waals surface area contributed by atoms with Gasteiger partial charge in [-0.3, -0.25) is 9.59 Å². The maximum atomic E-state index is 13.1. The number of aromatic nitrogens is 2.